The van der Waals surface area contributed by atoms with Gasteiger partial charge in [0.1, 0.15) is 0 Å². The van der Waals surface area contributed by atoms with Gasteiger partial charge in [0.05, 0.1) is 28.3 Å². The lowest BCUT2D eigenvalue weighted by Gasteiger charge is -2.22. The number of amides is 2. The summed E-state index contributed by atoms with van der Waals surface area (Å²) < 4.78 is 13.6. The van der Waals surface area contributed by atoms with Crippen molar-refractivity contribution >= 4 is 34.8 Å². The monoisotopic (exact) mass is 466 g/mol. The van der Waals surface area contributed by atoms with Crippen LogP contribution in [-0.4, -0.2) is 28.3 Å². The van der Waals surface area contributed by atoms with Crippen LogP contribution in [0.5, 0.6) is 0 Å². The number of nitrogens with one attached hydrogen (secondary N) is 1. The molecule has 0 spiro atoms. The van der Waals surface area contributed by atoms with Gasteiger partial charge in [-0.15, -0.1) is 0 Å². The first-order chi connectivity index (χ1) is 15.9. The van der Waals surface area contributed by atoms with Gasteiger partial charge >= 0.3 is 0 Å². The fraction of sp³-hybridized carbons (Fsp3) is 0.280. The summed E-state index contributed by atoms with van der Waals surface area (Å²) in [7, 11) is 0. The summed E-state index contributed by atoms with van der Waals surface area (Å²) in [5, 5.41) is 3.26. The maximum Gasteiger partial charge on any atom is 0.224 e. The smallest absolute Gasteiger partial charge is 0.224 e. The van der Waals surface area contributed by atoms with Crippen molar-refractivity contribution in [1.82, 2.24) is 9.97 Å². The Bertz CT molecular complexity index is 1170. The van der Waals surface area contributed by atoms with Gasteiger partial charge in [0.2, 0.25) is 17.8 Å². The molecule has 1 saturated carbocycles. The number of hydrogen-bond donors (Lipinski definition) is 1. The molecule has 1 N–H and O–H groups in total. The predicted molar refractivity (Wildman–Crippen MR) is 127 cm³/mol. The van der Waals surface area contributed by atoms with Crippen molar-refractivity contribution in [2.75, 3.05) is 16.8 Å². The van der Waals surface area contributed by atoms with E-state index < -0.39 is 5.95 Å². The van der Waals surface area contributed by atoms with E-state index in [1.807, 2.05) is 12.1 Å². The molecule has 2 aromatic heterocycles. The minimum atomic E-state index is -0.556. The molecule has 0 bridgehead atoms. The Morgan fingerprint density at radius 2 is 2.00 bits per heavy atom. The van der Waals surface area contributed by atoms with Gasteiger partial charge in [-0.05, 0) is 55.5 Å². The first-order valence-electron chi connectivity index (χ1n) is 10.8. The first-order valence-corrected chi connectivity index (χ1v) is 11.2. The molecule has 3 aromatic rings. The molecule has 6 nitrogen and oxygen atoms in total. The normalized spacial score (nSPS) is 12.9. The van der Waals surface area contributed by atoms with Gasteiger partial charge in [-0.1, -0.05) is 23.7 Å². The molecule has 170 valence electrons. The van der Waals surface area contributed by atoms with Gasteiger partial charge in [-0.3, -0.25) is 14.6 Å². The molecule has 0 aliphatic heterocycles. The van der Waals surface area contributed by atoms with Crippen molar-refractivity contribution in [1.29, 1.82) is 0 Å². The topological polar surface area (TPSA) is 75.2 Å². The lowest BCUT2D eigenvalue weighted by Crippen LogP contribution is -2.30. The standard InChI is InChI=1S/C25H24ClFN4O2/c1-16(32)31(15-17-4-5-17)23-10-6-19(13-21(23)26)22-9-8-20(14-29-22)30-24(33)11-7-18-3-2-12-28-25(18)27/h2-3,6,8-10,12-14,17H,4-5,7,11,15H2,1H3,(H,30,33). The molecule has 0 unspecified atom stereocenters. The van der Waals surface area contributed by atoms with Crippen molar-refractivity contribution in [2.24, 2.45) is 5.92 Å². The molecule has 0 saturated heterocycles. The number of aryl methyl sites for hydroxylation is 1. The zero-order valence-corrected chi connectivity index (χ0v) is 19.0. The highest BCUT2D eigenvalue weighted by Crippen LogP contribution is 2.35. The summed E-state index contributed by atoms with van der Waals surface area (Å²) in [5.74, 6) is -0.265. The van der Waals surface area contributed by atoms with Gasteiger partial charge in [-0.2, -0.15) is 4.39 Å². The van der Waals surface area contributed by atoms with Crippen LogP contribution in [0.25, 0.3) is 11.3 Å². The van der Waals surface area contributed by atoms with Crippen LogP contribution in [-0.2, 0) is 16.0 Å². The van der Waals surface area contributed by atoms with Crippen LogP contribution in [0.2, 0.25) is 5.02 Å². The van der Waals surface area contributed by atoms with Crippen molar-refractivity contribution in [3.05, 3.63) is 71.4 Å². The summed E-state index contributed by atoms with van der Waals surface area (Å²) in [4.78, 5) is 34.0. The van der Waals surface area contributed by atoms with E-state index in [1.165, 1.54) is 6.20 Å². The quantitative estimate of drug-likeness (QED) is 0.459. The van der Waals surface area contributed by atoms with E-state index in [-0.39, 0.29) is 24.7 Å². The third kappa shape index (κ3) is 5.93. The molecule has 1 aromatic carbocycles. The van der Waals surface area contributed by atoms with E-state index in [1.54, 1.807) is 48.4 Å². The molecule has 1 fully saturated rings. The summed E-state index contributed by atoms with van der Waals surface area (Å²) in [6.07, 6.45) is 5.63. The number of pyridine rings is 2. The number of anilines is 2. The third-order valence-corrected chi connectivity index (χ3v) is 5.86. The molecule has 2 heterocycles. The van der Waals surface area contributed by atoms with Crippen LogP contribution in [0.15, 0.2) is 54.9 Å². The fourth-order valence-corrected chi connectivity index (χ4v) is 3.84. The van der Waals surface area contributed by atoms with Gasteiger partial charge in [0, 0.05) is 37.2 Å². The highest BCUT2D eigenvalue weighted by atomic mass is 35.5. The van der Waals surface area contributed by atoms with Crippen molar-refractivity contribution in [3.8, 4) is 11.3 Å². The molecule has 2 amide bonds. The molecule has 0 radical (unpaired) electrons. The lowest BCUT2D eigenvalue weighted by molar-refractivity contribution is -0.117. The first kappa shape index (κ1) is 22.9. The summed E-state index contributed by atoms with van der Waals surface area (Å²) in [6.45, 7) is 2.24. The van der Waals surface area contributed by atoms with Crippen LogP contribution in [0, 0.1) is 11.9 Å². The van der Waals surface area contributed by atoms with E-state index in [0.717, 1.165) is 18.4 Å². The molecule has 33 heavy (non-hydrogen) atoms. The van der Waals surface area contributed by atoms with E-state index >= 15 is 0 Å². The van der Waals surface area contributed by atoms with Gasteiger partial charge in [0.25, 0.3) is 0 Å². The number of benzene rings is 1. The average molecular weight is 467 g/mol. The minimum absolute atomic E-state index is 0.0268. The summed E-state index contributed by atoms with van der Waals surface area (Å²) >= 11 is 6.51. The number of carbonyl (C=O) groups excluding carboxylic acids is 2. The molecule has 1 aliphatic rings. The zero-order chi connectivity index (χ0) is 23.4. The summed E-state index contributed by atoms with van der Waals surface area (Å²) in [6, 6.07) is 12.3. The van der Waals surface area contributed by atoms with Gasteiger partial charge < -0.3 is 10.2 Å². The van der Waals surface area contributed by atoms with E-state index in [2.05, 4.69) is 15.3 Å². The Morgan fingerprint density at radius 3 is 2.64 bits per heavy atom. The fourth-order valence-electron chi connectivity index (χ4n) is 3.56. The number of nitrogens with zero attached hydrogens (tertiary/aromatic N) is 3. The largest absolute Gasteiger partial charge is 0.325 e. The van der Waals surface area contributed by atoms with Crippen molar-refractivity contribution < 1.29 is 14.0 Å². The van der Waals surface area contributed by atoms with Crippen LogP contribution < -0.4 is 10.2 Å². The van der Waals surface area contributed by atoms with Gasteiger partial charge in [-0.25, -0.2) is 4.98 Å². The molecular weight excluding hydrogens is 443 g/mol. The van der Waals surface area contributed by atoms with Gasteiger partial charge in [0.15, 0.2) is 0 Å². The van der Waals surface area contributed by atoms with Crippen LogP contribution in [0.1, 0.15) is 31.7 Å². The average Bonchev–Trinajstić information content (AvgIpc) is 3.62. The molecule has 1 aliphatic carbocycles. The van der Waals surface area contributed by atoms with Crippen LogP contribution >= 0.6 is 11.6 Å². The van der Waals surface area contributed by atoms with Crippen molar-refractivity contribution in [2.45, 2.75) is 32.6 Å². The molecule has 4 rings (SSSR count). The number of hydrogen-bond acceptors (Lipinski definition) is 4. The highest BCUT2D eigenvalue weighted by Gasteiger charge is 2.27. The number of rotatable bonds is 8. The zero-order valence-electron chi connectivity index (χ0n) is 18.2. The number of aromatic nitrogens is 2. The Morgan fingerprint density at radius 1 is 1.18 bits per heavy atom. The SMILES string of the molecule is CC(=O)N(CC1CC1)c1ccc(-c2ccc(NC(=O)CCc3cccnc3F)cn2)cc1Cl. The van der Waals surface area contributed by atoms with E-state index in [0.29, 0.717) is 40.1 Å². The molecular formula is C25H24ClFN4O2. The Balaban J connectivity index is 1.39. The summed E-state index contributed by atoms with van der Waals surface area (Å²) in [5.41, 5.74) is 3.15. The van der Waals surface area contributed by atoms with E-state index in [4.69, 9.17) is 11.6 Å². The van der Waals surface area contributed by atoms with Crippen molar-refractivity contribution in [3.63, 3.8) is 0 Å². The number of carbonyl (C=O) groups is 2. The second-order valence-corrected chi connectivity index (χ2v) is 8.58. The Hall–Kier alpha value is -3.32. The van der Waals surface area contributed by atoms with Crippen LogP contribution in [0.3, 0.4) is 0 Å². The molecule has 0 atom stereocenters. The second kappa shape index (κ2) is 10.1. The minimum Gasteiger partial charge on any atom is -0.325 e. The van der Waals surface area contributed by atoms with Crippen LogP contribution in [0.4, 0.5) is 15.8 Å². The predicted octanol–water partition coefficient (Wildman–Crippen LogP) is 5.27. The third-order valence-electron chi connectivity index (χ3n) is 5.56. The Labute approximate surface area is 196 Å². The lowest BCUT2D eigenvalue weighted by atomic mass is 10.1. The molecule has 8 heteroatoms. The van der Waals surface area contributed by atoms with E-state index in [9.17, 15) is 14.0 Å². The maximum atomic E-state index is 13.6. The Kier molecular flexibility index (Phi) is 6.99. The second-order valence-electron chi connectivity index (χ2n) is 8.17. The highest BCUT2D eigenvalue weighted by molar-refractivity contribution is 6.34. The maximum absolute atomic E-state index is 13.6. The number of halogens is 2.